The van der Waals surface area contributed by atoms with Gasteiger partial charge in [-0.2, -0.15) is 0 Å². The number of carbonyl (C=O) groups excluding carboxylic acids is 1. The van der Waals surface area contributed by atoms with Crippen LogP contribution in [0, 0.1) is 12.8 Å². The van der Waals surface area contributed by atoms with Crippen LogP contribution in [-0.4, -0.2) is 5.78 Å². The molecule has 0 bridgehead atoms. The van der Waals surface area contributed by atoms with Crippen LogP contribution in [0.4, 0.5) is 0 Å². The summed E-state index contributed by atoms with van der Waals surface area (Å²) < 4.78 is 0. The smallest absolute Gasteiger partial charge is 0.166 e. The Kier molecular flexibility index (Phi) is 5.37. The van der Waals surface area contributed by atoms with Gasteiger partial charge in [-0.3, -0.25) is 4.79 Å². The minimum absolute atomic E-state index is 0.00549. The number of benzene rings is 2. The molecule has 1 unspecified atom stereocenters. The van der Waals surface area contributed by atoms with Gasteiger partial charge in [-0.1, -0.05) is 87.4 Å². The highest BCUT2D eigenvalue weighted by molar-refractivity contribution is 6.04. The van der Waals surface area contributed by atoms with Crippen molar-refractivity contribution < 1.29 is 4.79 Å². The van der Waals surface area contributed by atoms with Crippen LogP contribution in [0.25, 0.3) is 11.1 Å². The molecule has 0 spiro atoms. The van der Waals surface area contributed by atoms with Crippen LogP contribution in [0.1, 0.15) is 107 Å². The number of hydrogen-bond acceptors (Lipinski definition) is 1. The molecule has 2 aromatic carbocycles. The van der Waals surface area contributed by atoms with E-state index in [4.69, 9.17) is 0 Å². The zero-order chi connectivity index (χ0) is 22.8. The van der Waals surface area contributed by atoms with E-state index in [0.29, 0.717) is 5.78 Å². The molecular formula is C29H40O. The molecule has 3 rings (SSSR count). The molecule has 0 aromatic heterocycles. The number of fused-ring (bicyclic) bond motifs is 1. The average Bonchev–Trinajstić information content (AvgIpc) is 2.85. The Morgan fingerprint density at radius 2 is 1.27 bits per heavy atom. The first-order valence-electron chi connectivity index (χ1n) is 11.4. The quantitative estimate of drug-likeness (QED) is 0.471. The zero-order valence-electron chi connectivity index (χ0n) is 21.0. The predicted molar refractivity (Wildman–Crippen MR) is 130 cm³/mol. The number of carbonyl (C=O) groups is 1. The normalized spacial score (nSPS) is 17.4. The Balaban J connectivity index is 2.43. The van der Waals surface area contributed by atoms with Gasteiger partial charge in [0.05, 0.1) is 0 Å². The molecule has 0 heterocycles. The maximum absolute atomic E-state index is 13.0. The Morgan fingerprint density at radius 1 is 0.767 bits per heavy atom. The summed E-state index contributed by atoms with van der Waals surface area (Å²) in [6.45, 7) is 24.8. The Bertz CT molecular complexity index is 968. The van der Waals surface area contributed by atoms with Gasteiger partial charge in [0.15, 0.2) is 5.78 Å². The van der Waals surface area contributed by atoms with E-state index in [0.717, 1.165) is 12.0 Å². The van der Waals surface area contributed by atoms with E-state index in [1.165, 1.54) is 38.9 Å². The first-order valence-corrected chi connectivity index (χ1v) is 11.4. The van der Waals surface area contributed by atoms with Crippen LogP contribution in [0.2, 0.25) is 0 Å². The Hall–Kier alpha value is -1.89. The summed E-state index contributed by atoms with van der Waals surface area (Å²) in [5.74, 6) is 0.376. The molecule has 1 aliphatic rings. The van der Waals surface area contributed by atoms with Crippen molar-refractivity contribution in [2.45, 2.75) is 98.8 Å². The van der Waals surface area contributed by atoms with E-state index in [9.17, 15) is 4.79 Å². The van der Waals surface area contributed by atoms with Crippen LogP contribution in [0.5, 0.6) is 0 Å². The molecule has 1 nitrogen and oxygen atoms in total. The molecule has 1 heteroatoms. The van der Waals surface area contributed by atoms with Crippen LogP contribution >= 0.6 is 0 Å². The monoisotopic (exact) mass is 404 g/mol. The second kappa shape index (κ2) is 7.08. The first kappa shape index (κ1) is 22.8. The van der Waals surface area contributed by atoms with Crippen LogP contribution in [0.3, 0.4) is 0 Å². The summed E-state index contributed by atoms with van der Waals surface area (Å²) in [4.78, 5) is 13.0. The van der Waals surface area contributed by atoms with Crippen molar-refractivity contribution in [2.24, 2.45) is 5.92 Å². The Labute approximate surface area is 184 Å². The summed E-state index contributed by atoms with van der Waals surface area (Å²) in [6.07, 6.45) is 0.847. The molecule has 0 fully saturated rings. The van der Waals surface area contributed by atoms with Gasteiger partial charge in [0, 0.05) is 11.5 Å². The standard InChI is InChI=1S/C29H40O/c1-17-12-22-23(26(17)30)16-24(29(9,10)11)18(2)25(22)19-13-20(27(3,4)5)15-21(14-19)28(6,7)8/h13-17H,12H2,1-11H3. The third kappa shape index (κ3) is 4.01. The van der Waals surface area contributed by atoms with Gasteiger partial charge in [0.2, 0.25) is 0 Å². The fraction of sp³-hybridized carbons (Fsp3) is 0.552. The van der Waals surface area contributed by atoms with Crippen molar-refractivity contribution in [3.8, 4) is 11.1 Å². The van der Waals surface area contributed by atoms with E-state index in [-0.39, 0.29) is 22.2 Å². The summed E-state index contributed by atoms with van der Waals surface area (Å²) in [5.41, 5.74) is 10.2. The lowest BCUT2D eigenvalue weighted by molar-refractivity contribution is 0.0946. The number of Topliss-reactive ketones (excluding diaryl/α,β-unsaturated/α-hetero) is 1. The molecule has 0 saturated carbocycles. The van der Waals surface area contributed by atoms with Gasteiger partial charge in [-0.05, 0) is 74.6 Å². The molecule has 162 valence electrons. The van der Waals surface area contributed by atoms with Crippen LogP contribution < -0.4 is 0 Å². The first-order chi connectivity index (χ1) is 13.5. The third-order valence-electron chi connectivity index (χ3n) is 6.68. The maximum Gasteiger partial charge on any atom is 0.166 e. The predicted octanol–water partition coefficient (Wildman–Crippen LogP) is 7.93. The van der Waals surface area contributed by atoms with Crippen molar-refractivity contribution in [2.75, 3.05) is 0 Å². The lowest BCUT2D eigenvalue weighted by Gasteiger charge is -2.29. The van der Waals surface area contributed by atoms with E-state index < -0.39 is 0 Å². The van der Waals surface area contributed by atoms with E-state index in [1.807, 2.05) is 0 Å². The lowest BCUT2D eigenvalue weighted by Crippen LogP contribution is -2.18. The molecular weight excluding hydrogens is 364 g/mol. The largest absolute Gasteiger partial charge is 0.294 e. The summed E-state index contributed by atoms with van der Waals surface area (Å²) in [5, 5.41) is 0. The van der Waals surface area contributed by atoms with E-state index >= 15 is 0 Å². The minimum atomic E-state index is -0.00549. The van der Waals surface area contributed by atoms with Crippen molar-refractivity contribution in [1.82, 2.24) is 0 Å². The van der Waals surface area contributed by atoms with Gasteiger partial charge in [-0.25, -0.2) is 0 Å². The molecule has 0 aliphatic heterocycles. The van der Waals surface area contributed by atoms with Crippen LogP contribution in [0.15, 0.2) is 24.3 Å². The second-order valence-electron chi connectivity index (χ2n) is 12.5. The van der Waals surface area contributed by atoms with Crippen molar-refractivity contribution in [3.05, 3.63) is 57.6 Å². The zero-order valence-corrected chi connectivity index (χ0v) is 21.0. The topological polar surface area (TPSA) is 17.1 Å². The fourth-order valence-electron chi connectivity index (χ4n) is 4.74. The highest BCUT2D eigenvalue weighted by atomic mass is 16.1. The second-order valence-corrected chi connectivity index (χ2v) is 12.5. The fourth-order valence-corrected chi connectivity index (χ4v) is 4.74. The van der Waals surface area contributed by atoms with Crippen molar-refractivity contribution in [1.29, 1.82) is 0 Å². The minimum Gasteiger partial charge on any atom is -0.294 e. The van der Waals surface area contributed by atoms with Gasteiger partial charge < -0.3 is 0 Å². The van der Waals surface area contributed by atoms with Crippen molar-refractivity contribution in [3.63, 3.8) is 0 Å². The molecule has 0 saturated heterocycles. The van der Waals surface area contributed by atoms with Gasteiger partial charge >= 0.3 is 0 Å². The number of rotatable bonds is 1. The van der Waals surface area contributed by atoms with Crippen molar-refractivity contribution >= 4 is 5.78 Å². The van der Waals surface area contributed by atoms with Gasteiger partial charge in [-0.15, -0.1) is 0 Å². The molecule has 2 aromatic rings. The SMILES string of the molecule is Cc1c(C(C)(C)C)cc2c(c1-c1cc(C(C)(C)C)cc(C(C)(C)C)c1)CC(C)C2=O. The highest BCUT2D eigenvalue weighted by Gasteiger charge is 2.34. The van der Waals surface area contributed by atoms with Gasteiger partial charge in [0.25, 0.3) is 0 Å². The molecule has 0 amide bonds. The average molecular weight is 405 g/mol. The summed E-state index contributed by atoms with van der Waals surface area (Å²) in [7, 11) is 0. The van der Waals surface area contributed by atoms with Crippen LogP contribution in [-0.2, 0) is 22.7 Å². The maximum atomic E-state index is 13.0. The van der Waals surface area contributed by atoms with Gasteiger partial charge in [0.1, 0.15) is 0 Å². The Morgan fingerprint density at radius 3 is 1.70 bits per heavy atom. The molecule has 0 radical (unpaired) electrons. The molecule has 1 atom stereocenters. The summed E-state index contributed by atoms with van der Waals surface area (Å²) in [6, 6.07) is 9.31. The molecule has 30 heavy (non-hydrogen) atoms. The third-order valence-corrected chi connectivity index (χ3v) is 6.68. The lowest BCUT2D eigenvalue weighted by atomic mass is 9.75. The molecule has 1 aliphatic carbocycles. The number of ketones is 1. The van der Waals surface area contributed by atoms with E-state index in [1.54, 1.807) is 0 Å². The summed E-state index contributed by atoms with van der Waals surface area (Å²) >= 11 is 0. The molecule has 0 N–H and O–H groups in total. The number of hydrogen-bond donors (Lipinski definition) is 0. The van der Waals surface area contributed by atoms with E-state index in [2.05, 4.69) is 100 Å². The highest BCUT2D eigenvalue weighted by Crippen LogP contribution is 2.44.